The summed E-state index contributed by atoms with van der Waals surface area (Å²) in [5, 5.41) is 10.0. The number of benzene rings is 1. The summed E-state index contributed by atoms with van der Waals surface area (Å²) in [6.07, 6.45) is 0.369. The summed E-state index contributed by atoms with van der Waals surface area (Å²) in [6, 6.07) is 8.05. The zero-order valence-corrected chi connectivity index (χ0v) is 11.7. The van der Waals surface area contributed by atoms with Gasteiger partial charge in [0.1, 0.15) is 5.75 Å². The van der Waals surface area contributed by atoms with E-state index in [-0.39, 0.29) is 0 Å². The molecule has 0 fully saturated rings. The number of nitriles is 1. The van der Waals surface area contributed by atoms with E-state index in [1.165, 1.54) is 0 Å². The number of nitrogens with zero attached hydrogens (tertiary/aromatic N) is 3. The van der Waals surface area contributed by atoms with Crippen molar-refractivity contribution < 1.29 is 4.74 Å². The molecule has 2 rings (SSSR count). The maximum atomic E-state index is 8.99. The van der Waals surface area contributed by atoms with Crippen molar-refractivity contribution in [2.24, 2.45) is 0 Å². The van der Waals surface area contributed by atoms with Gasteiger partial charge in [-0.1, -0.05) is 0 Å². The van der Waals surface area contributed by atoms with Gasteiger partial charge in [-0.3, -0.25) is 4.98 Å². The van der Waals surface area contributed by atoms with E-state index in [1.807, 2.05) is 44.1 Å². The second kappa shape index (κ2) is 5.15. The van der Waals surface area contributed by atoms with Crippen LogP contribution in [0.2, 0.25) is 0 Å². The van der Waals surface area contributed by atoms with Gasteiger partial charge < -0.3 is 9.64 Å². The van der Waals surface area contributed by atoms with Crippen molar-refractivity contribution in [1.82, 2.24) is 4.98 Å². The van der Waals surface area contributed by atoms with Crippen LogP contribution in [0.1, 0.15) is 11.3 Å². The predicted octanol–water partition coefficient (Wildman–Crippen LogP) is 2.68. The Morgan fingerprint density at radius 3 is 2.68 bits per heavy atom. The van der Waals surface area contributed by atoms with E-state index in [0.29, 0.717) is 6.42 Å². The lowest BCUT2D eigenvalue weighted by atomic mass is 10.0. The summed E-state index contributed by atoms with van der Waals surface area (Å²) in [5.74, 6) is 0.789. The maximum Gasteiger partial charge on any atom is 0.121 e. The Bertz CT molecular complexity index is 656. The summed E-state index contributed by atoms with van der Waals surface area (Å²) in [7, 11) is 5.61. The van der Waals surface area contributed by atoms with Crippen molar-refractivity contribution in [3.8, 4) is 11.8 Å². The van der Waals surface area contributed by atoms with Crippen LogP contribution in [0.5, 0.6) is 5.75 Å². The third-order valence-corrected chi connectivity index (χ3v) is 3.17. The number of pyridine rings is 1. The van der Waals surface area contributed by atoms with E-state index >= 15 is 0 Å². The Morgan fingerprint density at radius 2 is 2.11 bits per heavy atom. The van der Waals surface area contributed by atoms with Crippen molar-refractivity contribution >= 4 is 16.6 Å². The van der Waals surface area contributed by atoms with Crippen molar-refractivity contribution in [2.45, 2.75) is 13.3 Å². The van der Waals surface area contributed by atoms with Gasteiger partial charge in [0.25, 0.3) is 0 Å². The van der Waals surface area contributed by atoms with Crippen LogP contribution < -0.4 is 9.64 Å². The predicted molar refractivity (Wildman–Crippen MR) is 76.7 cm³/mol. The molecule has 0 bridgehead atoms. The monoisotopic (exact) mass is 255 g/mol. The van der Waals surface area contributed by atoms with E-state index in [9.17, 15) is 0 Å². The number of aromatic nitrogens is 1. The number of hydrogen-bond donors (Lipinski definition) is 0. The summed E-state index contributed by atoms with van der Waals surface area (Å²) >= 11 is 0. The smallest absolute Gasteiger partial charge is 0.121 e. The molecule has 1 aromatic carbocycles. The Labute approximate surface area is 113 Å². The lowest BCUT2D eigenvalue weighted by Gasteiger charge is -2.20. The molecule has 0 spiro atoms. The highest BCUT2D eigenvalue weighted by Crippen LogP contribution is 2.32. The minimum atomic E-state index is 0.369. The fraction of sp³-hybridized carbons (Fsp3) is 0.333. The molecule has 0 saturated heterocycles. The third-order valence-electron chi connectivity index (χ3n) is 3.17. The Morgan fingerprint density at radius 1 is 1.37 bits per heavy atom. The van der Waals surface area contributed by atoms with E-state index in [4.69, 9.17) is 10.00 Å². The summed E-state index contributed by atoms with van der Waals surface area (Å²) in [4.78, 5) is 6.63. The SMILES string of the molecule is COc1ccc2c(N(C)C)c(CC#N)c(C)nc2c1. The van der Waals surface area contributed by atoms with Crippen molar-refractivity contribution in [3.63, 3.8) is 0 Å². The second-order valence-corrected chi connectivity index (χ2v) is 4.64. The molecule has 0 aliphatic rings. The molecule has 4 nitrogen and oxygen atoms in total. The number of anilines is 1. The number of hydrogen-bond acceptors (Lipinski definition) is 4. The summed E-state index contributed by atoms with van der Waals surface area (Å²) in [6.45, 7) is 1.94. The molecular weight excluding hydrogens is 238 g/mol. The Hall–Kier alpha value is -2.28. The van der Waals surface area contributed by atoms with Gasteiger partial charge in [0.2, 0.25) is 0 Å². The van der Waals surface area contributed by atoms with E-state index in [0.717, 1.165) is 33.6 Å². The first-order valence-corrected chi connectivity index (χ1v) is 6.10. The normalized spacial score (nSPS) is 10.3. The number of ether oxygens (including phenoxy) is 1. The van der Waals surface area contributed by atoms with Crippen molar-refractivity contribution in [2.75, 3.05) is 26.1 Å². The average molecular weight is 255 g/mol. The molecule has 0 aliphatic heterocycles. The highest BCUT2D eigenvalue weighted by Gasteiger charge is 2.14. The first-order chi connectivity index (χ1) is 9.08. The fourth-order valence-corrected chi connectivity index (χ4v) is 2.31. The second-order valence-electron chi connectivity index (χ2n) is 4.64. The van der Waals surface area contributed by atoms with Gasteiger partial charge in [0, 0.05) is 36.8 Å². The zero-order chi connectivity index (χ0) is 14.0. The highest BCUT2D eigenvalue weighted by atomic mass is 16.5. The zero-order valence-electron chi connectivity index (χ0n) is 11.7. The van der Waals surface area contributed by atoms with Gasteiger partial charge in [-0.25, -0.2) is 0 Å². The van der Waals surface area contributed by atoms with Gasteiger partial charge in [0.15, 0.2) is 0 Å². The molecule has 0 N–H and O–H groups in total. The largest absolute Gasteiger partial charge is 0.497 e. The first kappa shape index (κ1) is 13.2. The van der Waals surface area contributed by atoms with Gasteiger partial charge in [-0.2, -0.15) is 5.26 Å². The van der Waals surface area contributed by atoms with Crippen LogP contribution in [0.25, 0.3) is 10.9 Å². The van der Waals surface area contributed by atoms with E-state index in [2.05, 4.69) is 11.1 Å². The van der Waals surface area contributed by atoms with Crippen LogP contribution in [0, 0.1) is 18.3 Å². The quantitative estimate of drug-likeness (QED) is 0.846. The molecule has 0 unspecified atom stereocenters. The highest BCUT2D eigenvalue weighted by molar-refractivity contribution is 5.94. The van der Waals surface area contributed by atoms with E-state index in [1.54, 1.807) is 7.11 Å². The fourth-order valence-electron chi connectivity index (χ4n) is 2.31. The van der Waals surface area contributed by atoms with Crippen LogP contribution in [-0.2, 0) is 6.42 Å². The summed E-state index contributed by atoms with van der Waals surface area (Å²) in [5.41, 5.74) is 3.84. The Kier molecular flexibility index (Phi) is 3.57. The lowest BCUT2D eigenvalue weighted by Crippen LogP contribution is -2.13. The molecule has 0 radical (unpaired) electrons. The molecule has 4 heteroatoms. The molecule has 19 heavy (non-hydrogen) atoms. The van der Waals surface area contributed by atoms with Crippen molar-refractivity contribution in [3.05, 3.63) is 29.5 Å². The minimum absolute atomic E-state index is 0.369. The third kappa shape index (κ3) is 2.32. The summed E-state index contributed by atoms with van der Waals surface area (Å²) < 4.78 is 5.23. The topological polar surface area (TPSA) is 49.1 Å². The first-order valence-electron chi connectivity index (χ1n) is 6.10. The number of fused-ring (bicyclic) bond motifs is 1. The molecule has 2 aromatic rings. The number of methoxy groups -OCH3 is 1. The standard InChI is InChI=1S/C15H17N3O/c1-10-12(7-8-16)15(18(2)3)13-6-5-11(19-4)9-14(13)17-10/h5-6,9H,7H2,1-4H3. The average Bonchev–Trinajstić information content (AvgIpc) is 2.38. The molecule has 0 saturated carbocycles. The molecule has 1 aromatic heterocycles. The molecular formula is C15H17N3O. The maximum absolute atomic E-state index is 8.99. The molecule has 0 atom stereocenters. The van der Waals surface area contributed by atoms with Crippen LogP contribution in [0.4, 0.5) is 5.69 Å². The minimum Gasteiger partial charge on any atom is -0.497 e. The van der Waals surface area contributed by atoms with Gasteiger partial charge in [0.05, 0.1) is 30.8 Å². The Balaban J connectivity index is 2.80. The van der Waals surface area contributed by atoms with Crippen molar-refractivity contribution in [1.29, 1.82) is 5.26 Å². The molecule has 0 amide bonds. The molecule has 1 heterocycles. The molecule has 0 aliphatic carbocycles. The van der Waals surface area contributed by atoms with Crippen LogP contribution in [0.3, 0.4) is 0 Å². The van der Waals surface area contributed by atoms with E-state index < -0.39 is 0 Å². The van der Waals surface area contributed by atoms with Gasteiger partial charge in [-0.15, -0.1) is 0 Å². The van der Waals surface area contributed by atoms with Crippen LogP contribution in [0.15, 0.2) is 18.2 Å². The van der Waals surface area contributed by atoms with Gasteiger partial charge in [-0.05, 0) is 19.1 Å². The lowest BCUT2D eigenvalue weighted by molar-refractivity contribution is 0.415. The van der Waals surface area contributed by atoms with Crippen LogP contribution >= 0.6 is 0 Å². The van der Waals surface area contributed by atoms with Crippen LogP contribution in [-0.4, -0.2) is 26.2 Å². The van der Waals surface area contributed by atoms with Gasteiger partial charge >= 0.3 is 0 Å². The number of aryl methyl sites for hydroxylation is 1. The number of rotatable bonds is 3. The molecule has 98 valence electrons.